The van der Waals surface area contributed by atoms with E-state index in [2.05, 4.69) is 15.9 Å². The third kappa shape index (κ3) is 2.99. The van der Waals surface area contributed by atoms with Crippen LogP contribution in [0.15, 0.2) is 46.9 Å². The van der Waals surface area contributed by atoms with E-state index in [1.807, 2.05) is 24.3 Å². The molecule has 0 bridgehead atoms. The van der Waals surface area contributed by atoms with Crippen molar-refractivity contribution < 1.29 is 19.2 Å². The largest absolute Gasteiger partial charge is 0.496 e. The SMILES string of the molecule is COc1ccc(OC(=O)C2(c3ccc(Br)cc3)CC2)c([N+](=O)[O-])c1. The normalized spacial score (nSPS) is 14.8. The summed E-state index contributed by atoms with van der Waals surface area (Å²) < 4.78 is 11.3. The van der Waals surface area contributed by atoms with Gasteiger partial charge in [0.2, 0.25) is 5.75 Å². The number of rotatable bonds is 5. The molecule has 1 aliphatic rings. The first-order chi connectivity index (χ1) is 11.5. The minimum Gasteiger partial charge on any atom is -0.496 e. The van der Waals surface area contributed by atoms with Gasteiger partial charge in [0.05, 0.1) is 23.5 Å². The Labute approximate surface area is 146 Å². The maximum atomic E-state index is 12.6. The van der Waals surface area contributed by atoms with Crippen molar-refractivity contribution in [1.29, 1.82) is 0 Å². The summed E-state index contributed by atoms with van der Waals surface area (Å²) in [5.74, 6) is -0.220. The summed E-state index contributed by atoms with van der Waals surface area (Å²) in [6.07, 6.45) is 1.33. The lowest BCUT2D eigenvalue weighted by Crippen LogP contribution is -2.26. The van der Waals surface area contributed by atoms with E-state index in [1.54, 1.807) is 0 Å². The van der Waals surface area contributed by atoms with Gasteiger partial charge in [0.15, 0.2) is 0 Å². The van der Waals surface area contributed by atoms with Crippen molar-refractivity contribution in [3.8, 4) is 11.5 Å². The maximum Gasteiger partial charge on any atom is 0.322 e. The van der Waals surface area contributed by atoms with Crippen LogP contribution in [0, 0.1) is 10.1 Å². The Morgan fingerprint density at radius 3 is 2.42 bits per heavy atom. The Kier molecular flexibility index (Phi) is 4.28. The molecule has 6 nitrogen and oxygen atoms in total. The smallest absolute Gasteiger partial charge is 0.322 e. The van der Waals surface area contributed by atoms with Crippen LogP contribution in [0.3, 0.4) is 0 Å². The molecular weight excluding hydrogens is 378 g/mol. The van der Waals surface area contributed by atoms with Crippen LogP contribution < -0.4 is 9.47 Å². The van der Waals surface area contributed by atoms with Crippen molar-refractivity contribution in [2.75, 3.05) is 7.11 Å². The van der Waals surface area contributed by atoms with Crippen LogP contribution in [0.25, 0.3) is 0 Å². The fraction of sp³-hybridized carbons (Fsp3) is 0.235. The lowest BCUT2D eigenvalue weighted by molar-refractivity contribution is -0.385. The summed E-state index contributed by atoms with van der Waals surface area (Å²) in [6, 6.07) is 11.6. The number of nitrogens with zero attached hydrogens (tertiary/aromatic N) is 1. The van der Waals surface area contributed by atoms with Gasteiger partial charge in [-0.25, -0.2) is 0 Å². The summed E-state index contributed by atoms with van der Waals surface area (Å²) >= 11 is 3.36. The molecule has 0 aromatic heterocycles. The van der Waals surface area contributed by atoms with Crippen molar-refractivity contribution in [1.82, 2.24) is 0 Å². The number of carbonyl (C=O) groups excluding carboxylic acids is 1. The molecule has 0 heterocycles. The van der Waals surface area contributed by atoms with Gasteiger partial charge in [-0.2, -0.15) is 0 Å². The number of benzene rings is 2. The fourth-order valence-corrected chi connectivity index (χ4v) is 2.82. The lowest BCUT2D eigenvalue weighted by atomic mass is 9.96. The van der Waals surface area contributed by atoms with Gasteiger partial charge in [0.25, 0.3) is 0 Å². The minimum atomic E-state index is -0.714. The first-order valence-electron chi connectivity index (χ1n) is 7.27. The fourth-order valence-electron chi connectivity index (χ4n) is 2.56. The number of hydrogen-bond donors (Lipinski definition) is 0. The van der Waals surface area contributed by atoms with Gasteiger partial charge < -0.3 is 9.47 Å². The zero-order valence-electron chi connectivity index (χ0n) is 12.8. The Balaban J connectivity index is 1.87. The highest BCUT2D eigenvalue weighted by Gasteiger charge is 2.53. The number of methoxy groups -OCH3 is 1. The predicted octanol–water partition coefficient (Wildman–Crippen LogP) is 4.00. The van der Waals surface area contributed by atoms with Gasteiger partial charge >= 0.3 is 11.7 Å². The van der Waals surface area contributed by atoms with Gasteiger partial charge in [0, 0.05) is 4.47 Å². The van der Waals surface area contributed by atoms with Crippen LogP contribution in [0.2, 0.25) is 0 Å². The van der Waals surface area contributed by atoms with Crippen LogP contribution in [0.5, 0.6) is 11.5 Å². The molecule has 1 aliphatic carbocycles. The summed E-state index contributed by atoms with van der Waals surface area (Å²) in [4.78, 5) is 23.2. The topological polar surface area (TPSA) is 78.7 Å². The molecule has 1 fully saturated rings. The number of carbonyl (C=O) groups is 1. The molecule has 0 amide bonds. The monoisotopic (exact) mass is 391 g/mol. The molecule has 0 atom stereocenters. The van der Waals surface area contributed by atoms with Crippen molar-refractivity contribution >= 4 is 27.6 Å². The number of nitro benzene ring substituents is 1. The summed E-state index contributed by atoms with van der Waals surface area (Å²) in [7, 11) is 1.41. The second-order valence-electron chi connectivity index (χ2n) is 5.57. The lowest BCUT2D eigenvalue weighted by Gasteiger charge is -2.15. The molecule has 0 aliphatic heterocycles. The van der Waals surface area contributed by atoms with Gasteiger partial charge in [-0.15, -0.1) is 0 Å². The molecule has 0 saturated heterocycles. The van der Waals surface area contributed by atoms with Gasteiger partial charge in [-0.3, -0.25) is 14.9 Å². The number of hydrogen-bond acceptors (Lipinski definition) is 5. The second-order valence-corrected chi connectivity index (χ2v) is 6.48. The van der Waals surface area contributed by atoms with Crippen LogP contribution in [0.1, 0.15) is 18.4 Å². The Morgan fingerprint density at radius 2 is 1.88 bits per heavy atom. The Hall–Kier alpha value is -2.41. The van der Waals surface area contributed by atoms with Gasteiger partial charge in [-0.05, 0) is 42.7 Å². The molecule has 2 aromatic carbocycles. The highest BCUT2D eigenvalue weighted by atomic mass is 79.9. The van der Waals surface area contributed by atoms with Crippen molar-refractivity contribution in [3.05, 3.63) is 62.6 Å². The first-order valence-corrected chi connectivity index (χ1v) is 8.06. The zero-order valence-corrected chi connectivity index (χ0v) is 14.4. The average molecular weight is 392 g/mol. The van der Waals surface area contributed by atoms with Crippen molar-refractivity contribution in [2.24, 2.45) is 0 Å². The third-order valence-corrected chi connectivity index (χ3v) is 4.63. The second kappa shape index (κ2) is 6.24. The number of ether oxygens (including phenoxy) is 2. The highest BCUT2D eigenvalue weighted by Crippen LogP contribution is 2.50. The summed E-state index contributed by atoms with van der Waals surface area (Å²) in [5, 5.41) is 11.2. The van der Waals surface area contributed by atoms with E-state index in [9.17, 15) is 14.9 Å². The number of nitro groups is 1. The molecule has 2 aromatic rings. The van der Waals surface area contributed by atoms with E-state index in [0.717, 1.165) is 10.0 Å². The third-order valence-electron chi connectivity index (χ3n) is 4.10. The van der Waals surface area contributed by atoms with E-state index in [4.69, 9.17) is 9.47 Å². The van der Waals surface area contributed by atoms with E-state index >= 15 is 0 Å². The van der Waals surface area contributed by atoms with Crippen LogP contribution >= 0.6 is 15.9 Å². The standard InChI is InChI=1S/C17H14BrNO5/c1-23-13-6-7-15(14(10-13)19(21)22)24-16(20)17(8-9-17)11-2-4-12(18)5-3-11/h2-7,10H,8-9H2,1H3. The average Bonchev–Trinajstić information content (AvgIpc) is 3.37. The molecule has 0 radical (unpaired) electrons. The molecule has 0 unspecified atom stereocenters. The van der Waals surface area contributed by atoms with Crippen molar-refractivity contribution in [3.63, 3.8) is 0 Å². The van der Waals surface area contributed by atoms with Crippen molar-refractivity contribution in [2.45, 2.75) is 18.3 Å². The van der Waals surface area contributed by atoms with E-state index < -0.39 is 16.3 Å². The molecule has 24 heavy (non-hydrogen) atoms. The summed E-state index contributed by atoms with van der Waals surface area (Å²) in [6.45, 7) is 0. The maximum absolute atomic E-state index is 12.6. The van der Waals surface area contributed by atoms with Crippen LogP contribution in [-0.4, -0.2) is 18.0 Å². The number of esters is 1. The molecule has 7 heteroatoms. The molecule has 0 N–H and O–H groups in total. The van der Waals surface area contributed by atoms with E-state index in [1.165, 1.54) is 25.3 Å². The molecule has 3 rings (SSSR count). The van der Waals surface area contributed by atoms with E-state index in [-0.39, 0.29) is 11.4 Å². The number of halogens is 1. The minimum absolute atomic E-state index is 0.0748. The van der Waals surface area contributed by atoms with Crippen LogP contribution in [0.4, 0.5) is 5.69 Å². The van der Waals surface area contributed by atoms with Crippen LogP contribution in [-0.2, 0) is 10.2 Å². The molecule has 1 saturated carbocycles. The Bertz CT molecular complexity index is 799. The van der Waals surface area contributed by atoms with Gasteiger partial charge in [-0.1, -0.05) is 28.1 Å². The quantitative estimate of drug-likeness (QED) is 0.333. The van der Waals surface area contributed by atoms with Gasteiger partial charge in [0.1, 0.15) is 5.75 Å². The highest BCUT2D eigenvalue weighted by molar-refractivity contribution is 9.10. The predicted molar refractivity (Wildman–Crippen MR) is 90.3 cm³/mol. The molecular formula is C17H14BrNO5. The molecule has 0 spiro atoms. The summed E-state index contributed by atoms with van der Waals surface area (Å²) in [5.41, 5.74) is -0.157. The Morgan fingerprint density at radius 1 is 1.21 bits per heavy atom. The zero-order chi connectivity index (χ0) is 17.3. The van der Waals surface area contributed by atoms with E-state index in [0.29, 0.717) is 18.6 Å². The first kappa shape index (κ1) is 16.4. The molecule has 124 valence electrons.